The van der Waals surface area contributed by atoms with E-state index in [0.29, 0.717) is 6.61 Å². The van der Waals surface area contributed by atoms with Crippen molar-refractivity contribution in [2.24, 2.45) is 0 Å². The molecule has 0 fully saturated rings. The zero-order chi connectivity index (χ0) is 12.1. The first-order valence-electron chi connectivity index (χ1n) is 5.97. The molecule has 1 aliphatic rings. The van der Waals surface area contributed by atoms with Crippen LogP contribution >= 0.6 is 0 Å². The number of hydrogen-bond donors (Lipinski definition) is 1. The fourth-order valence-corrected chi connectivity index (χ4v) is 2.07. The molecular formula is C14H17NO2. The van der Waals surface area contributed by atoms with E-state index in [-0.39, 0.29) is 5.97 Å². The van der Waals surface area contributed by atoms with Crippen LogP contribution in [0.15, 0.2) is 24.3 Å². The Balaban J connectivity index is 2.18. The third kappa shape index (κ3) is 2.94. The summed E-state index contributed by atoms with van der Waals surface area (Å²) in [5.41, 5.74) is 3.78. The second-order valence-electron chi connectivity index (χ2n) is 4.00. The van der Waals surface area contributed by atoms with Gasteiger partial charge in [0, 0.05) is 12.6 Å². The van der Waals surface area contributed by atoms with Crippen LogP contribution in [0.4, 0.5) is 0 Å². The van der Waals surface area contributed by atoms with Crippen LogP contribution < -0.4 is 5.32 Å². The summed E-state index contributed by atoms with van der Waals surface area (Å²) in [6, 6.07) is 6.19. The first-order chi connectivity index (χ1) is 8.31. The van der Waals surface area contributed by atoms with Gasteiger partial charge in [0.15, 0.2) is 0 Å². The van der Waals surface area contributed by atoms with Gasteiger partial charge in [0.2, 0.25) is 0 Å². The van der Waals surface area contributed by atoms with Crippen LogP contribution in [0.2, 0.25) is 0 Å². The van der Waals surface area contributed by atoms with Crippen LogP contribution in [0.3, 0.4) is 0 Å². The van der Waals surface area contributed by atoms with Crippen molar-refractivity contribution in [3.63, 3.8) is 0 Å². The lowest BCUT2D eigenvalue weighted by Gasteiger charge is -2.18. The third-order valence-corrected chi connectivity index (χ3v) is 2.86. The van der Waals surface area contributed by atoms with E-state index < -0.39 is 0 Å². The largest absolute Gasteiger partial charge is 0.463 e. The van der Waals surface area contributed by atoms with Gasteiger partial charge in [0.05, 0.1) is 6.61 Å². The van der Waals surface area contributed by atoms with E-state index in [1.807, 2.05) is 25.1 Å². The number of fused-ring (bicyclic) bond motifs is 1. The Morgan fingerprint density at radius 3 is 3.24 bits per heavy atom. The summed E-state index contributed by atoms with van der Waals surface area (Å²) in [7, 11) is 0. The van der Waals surface area contributed by atoms with Gasteiger partial charge < -0.3 is 10.1 Å². The summed E-state index contributed by atoms with van der Waals surface area (Å²) in [5.74, 6) is -0.279. The molecule has 0 unspecified atom stereocenters. The van der Waals surface area contributed by atoms with E-state index in [1.165, 1.54) is 17.2 Å². The second kappa shape index (κ2) is 5.64. The highest BCUT2D eigenvalue weighted by Crippen LogP contribution is 2.19. The molecule has 17 heavy (non-hydrogen) atoms. The van der Waals surface area contributed by atoms with Gasteiger partial charge in [-0.05, 0) is 42.7 Å². The second-order valence-corrected chi connectivity index (χ2v) is 4.00. The molecule has 90 valence electrons. The molecule has 1 heterocycles. The van der Waals surface area contributed by atoms with Crippen LogP contribution in [0, 0.1) is 0 Å². The summed E-state index contributed by atoms with van der Waals surface area (Å²) in [6.45, 7) is 4.13. The summed E-state index contributed by atoms with van der Waals surface area (Å²) >= 11 is 0. The summed E-state index contributed by atoms with van der Waals surface area (Å²) in [4.78, 5) is 11.3. The van der Waals surface area contributed by atoms with Crippen molar-refractivity contribution in [3.8, 4) is 0 Å². The molecule has 3 nitrogen and oxygen atoms in total. The van der Waals surface area contributed by atoms with Crippen molar-refractivity contribution in [1.29, 1.82) is 0 Å². The van der Waals surface area contributed by atoms with Gasteiger partial charge in [-0.15, -0.1) is 0 Å². The van der Waals surface area contributed by atoms with Crippen LogP contribution in [0.5, 0.6) is 0 Å². The van der Waals surface area contributed by atoms with E-state index in [2.05, 4.69) is 11.4 Å². The number of carbonyl (C=O) groups excluding carboxylic acids is 1. The highest BCUT2D eigenvalue weighted by atomic mass is 16.5. The Labute approximate surface area is 101 Å². The Kier molecular flexibility index (Phi) is 3.94. The van der Waals surface area contributed by atoms with Crippen LogP contribution in [-0.4, -0.2) is 19.1 Å². The maximum absolute atomic E-state index is 11.3. The zero-order valence-electron chi connectivity index (χ0n) is 10.0. The molecule has 0 saturated heterocycles. The number of esters is 1. The molecule has 0 atom stereocenters. The average Bonchev–Trinajstić information content (AvgIpc) is 2.36. The molecule has 1 aromatic carbocycles. The number of ether oxygens (including phenoxy) is 1. The van der Waals surface area contributed by atoms with Crippen molar-refractivity contribution >= 4 is 12.0 Å². The number of rotatable bonds is 3. The maximum atomic E-state index is 11.3. The molecule has 3 heteroatoms. The van der Waals surface area contributed by atoms with Gasteiger partial charge in [0.25, 0.3) is 0 Å². The molecule has 0 amide bonds. The average molecular weight is 231 g/mol. The Morgan fingerprint density at radius 1 is 1.53 bits per heavy atom. The number of nitrogens with one attached hydrogen (secondary N) is 1. The summed E-state index contributed by atoms with van der Waals surface area (Å²) in [5, 5.41) is 3.34. The van der Waals surface area contributed by atoms with Gasteiger partial charge in [-0.25, -0.2) is 4.79 Å². The van der Waals surface area contributed by atoms with Crippen molar-refractivity contribution in [2.45, 2.75) is 19.9 Å². The summed E-state index contributed by atoms with van der Waals surface area (Å²) in [6.07, 6.45) is 4.36. The summed E-state index contributed by atoms with van der Waals surface area (Å²) < 4.78 is 4.87. The van der Waals surface area contributed by atoms with Crippen LogP contribution in [0.1, 0.15) is 23.6 Å². The molecule has 2 rings (SSSR count). The molecule has 0 spiro atoms. The van der Waals surface area contributed by atoms with Crippen molar-refractivity contribution in [3.05, 3.63) is 41.0 Å². The topological polar surface area (TPSA) is 38.3 Å². The third-order valence-electron chi connectivity index (χ3n) is 2.86. The van der Waals surface area contributed by atoms with E-state index in [0.717, 1.165) is 25.1 Å². The maximum Gasteiger partial charge on any atom is 0.330 e. The Morgan fingerprint density at radius 2 is 2.41 bits per heavy atom. The highest BCUT2D eigenvalue weighted by Gasteiger charge is 2.10. The zero-order valence-corrected chi connectivity index (χ0v) is 10.0. The SMILES string of the molecule is CCOC(=O)/C=C/c1cccc2c1CCNC2. The van der Waals surface area contributed by atoms with Gasteiger partial charge in [-0.2, -0.15) is 0 Å². The minimum absolute atomic E-state index is 0.279. The smallest absolute Gasteiger partial charge is 0.330 e. The van der Waals surface area contributed by atoms with Gasteiger partial charge in [-0.1, -0.05) is 18.2 Å². The predicted octanol–water partition coefficient (Wildman–Crippen LogP) is 1.91. The molecule has 0 saturated carbocycles. The van der Waals surface area contributed by atoms with Crippen LogP contribution in [-0.2, 0) is 22.5 Å². The minimum Gasteiger partial charge on any atom is -0.463 e. The number of hydrogen-bond acceptors (Lipinski definition) is 3. The molecule has 0 aliphatic carbocycles. The van der Waals surface area contributed by atoms with E-state index in [4.69, 9.17) is 4.74 Å². The van der Waals surface area contributed by atoms with Crippen molar-refractivity contribution in [2.75, 3.05) is 13.2 Å². The Hall–Kier alpha value is -1.61. The molecular weight excluding hydrogens is 214 g/mol. The van der Waals surface area contributed by atoms with E-state index >= 15 is 0 Å². The van der Waals surface area contributed by atoms with Gasteiger partial charge in [0.1, 0.15) is 0 Å². The molecule has 1 N–H and O–H groups in total. The molecule has 1 aliphatic heterocycles. The fourth-order valence-electron chi connectivity index (χ4n) is 2.07. The monoisotopic (exact) mass is 231 g/mol. The minimum atomic E-state index is -0.279. The fraction of sp³-hybridized carbons (Fsp3) is 0.357. The standard InChI is InChI=1S/C14H17NO2/c1-2-17-14(16)7-6-11-4-3-5-12-10-15-9-8-13(11)12/h3-7,15H,2,8-10H2,1H3/b7-6+. The van der Waals surface area contributed by atoms with Gasteiger partial charge >= 0.3 is 5.97 Å². The predicted molar refractivity (Wildman–Crippen MR) is 67.5 cm³/mol. The van der Waals surface area contributed by atoms with E-state index in [1.54, 1.807) is 0 Å². The Bertz CT molecular complexity index is 438. The first-order valence-corrected chi connectivity index (χ1v) is 5.97. The molecule has 0 radical (unpaired) electrons. The lowest BCUT2D eigenvalue weighted by atomic mass is 9.95. The lowest BCUT2D eigenvalue weighted by molar-refractivity contribution is -0.137. The van der Waals surface area contributed by atoms with Crippen LogP contribution in [0.25, 0.3) is 6.08 Å². The van der Waals surface area contributed by atoms with E-state index in [9.17, 15) is 4.79 Å². The normalized spacial score (nSPS) is 14.6. The van der Waals surface area contributed by atoms with Crippen molar-refractivity contribution in [1.82, 2.24) is 5.32 Å². The highest BCUT2D eigenvalue weighted by molar-refractivity contribution is 5.87. The first kappa shape index (κ1) is 11.9. The number of benzene rings is 1. The van der Waals surface area contributed by atoms with Gasteiger partial charge in [-0.3, -0.25) is 0 Å². The number of carbonyl (C=O) groups is 1. The molecule has 0 aromatic heterocycles. The molecule has 0 bridgehead atoms. The lowest BCUT2D eigenvalue weighted by Crippen LogP contribution is -2.24. The van der Waals surface area contributed by atoms with Crippen molar-refractivity contribution < 1.29 is 9.53 Å². The quantitative estimate of drug-likeness (QED) is 0.638. The molecule has 1 aromatic rings.